The van der Waals surface area contributed by atoms with Crippen molar-refractivity contribution in [2.24, 2.45) is 0 Å². The van der Waals surface area contributed by atoms with Crippen molar-refractivity contribution in [3.8, 4) is 0 Å². The molecule has 0 amide bonds. The zero-order valence-corrected chi connectivity index (χ0v) is 9.72. The van der Waals surface area contributed by atoms with E-state index in [-0.39, 0.29) is 6.61 Å². The molecule has 0 aliphatic carbocycles. The van der Waals surface area contributed by atoms with Crippen molar-refractivity contribution in [2.45, 2.75) is 24.0 Å². The third-order valence-corrected chi connectivity index (χ3v) is 2.32. The van der Waals surface area contributed by atoms with Crippen molar-refractivity contribution in [1.29, 1.82) is 0 Å². The summed E-state index contributed by atoms with van der Waals surface area (Å²) in [6.45, 7) is 1.79. The second-order valence-corrected chi connectivity index (χ2v) is 3.75. The molecular formula is C11H14O4S. The van der Waals surface area contributed by atoms with Crippen molar-refractivity contribution in [2.75, 3.05) is 6.61 Å². The molecule has 0 fully saturated rings. The summed E-state index contributed by atoms with van der Waals surface area (Å²) >= 11 is 4.10. The Kier molecular flexibility index (Phi) is 4.79. The minimum Gasteiger partial charge on any atom is -0.464 e. The molecule has 0 aliphatic rings. The number of hydrogen-bond acceptors (Lipinski definition) is 5. The molecule has 1 aromatic rings. The van der Waals surface area contributed by atoms with Gasteiger partial charge in [-0.1, -0.05) is 12.1 Å². The lowest BCUT2D eigenvalue weighted by atomic mass is 10.0. The summed E-state index contributed by atoms with van der Waals surface area (Å²) in [5.74, 6) is -0.834. The van der Waals surface area contributed by atoms with Gasteiger partial charge in [0.25, 0.3) is 0 Å². The Bertz CT molecular complexity index is 367. The molecule has 1 aromatic carbocycles. The van der Waals surface area contributed by atoms with Gasteiger partial charge in [-0.05, 0) is 24.6 Å². The monoisotopic (exact) mass is 242 g/mol. The highest BCUT2D eigenvalue weighted by Crippen LogP contribution is 2.20. The fraction of sp³-hybridized carbons (Fsp3) is 0.364. The van der Waals surface area contributed by atoms with Crippen LogP contribution >= 0.6 is 12.6 Å². The minimum absolute atomic E-state index is 0.162. The molecule has 0 heterocycles. The summed E-state index contributed by atoms with van der Waals surface area (Å²) in [6.07, 6.45) is -2.87. The lowest BCUT2D eigenvalue weighted by molar-refractivity contribution is -0.159. The van der Waals surface area contributed by atoms with E-state index < -0.39 is 18.2 Å². The van der Waals surface area contributed by atoms with Crippen molar-refractivity contribution >= 4 is 18.6 Å². The van der Waals surface area contributed by atoms with Gasteiger partial charge in [-0.25, -0.2) is 4.79 Å². The van der Waals surface area contributed by atoms with Crippen LogP contribution in [0.25, 0.3) is 0 Å². The Morgan fingerprint density at radius 3 is 2.75 bits per heavy atom. The van der Waals surface area contributed by atoms with E-state index in [0.29, 0.717) is 10.5 Å². The van der Waals surface area contributed by atoms with Gasteiger partial charge in [0.15, 0.2) is 6.10 Å². The van der Waals surface area contributed by atoms with Gasteiger partial charge in [0.1, 0.15) is 6.10 Å². The van der Waals surface area contributed by atoms with Gasteiger partial charge in [-0.15, -0.1) is 12.6 Å². The van der Waals surface area contributed by atoms with Crippen LogP contribution in [0.3, 0.4) is 0 Å². The van der Waals surface area contributed by atoms with Crippen molar-refractivity contribution in [1.82, 2.24) is 0 Å². The van der Waals surface area contributed by atoms with Crippen LogP contribution in [0.1, 0.15) is 18.6 Å². The second kappa shape index (κ2) is 5.89. The van der Waals surface area contributed by atoms with E-state index >= 15 is 0 Å². The van der Waals surface area contributed by atoms with Crippen LogP contribution in [-0.4, -0.2) is 28.9 Å². The van der Waals surface area contributed by atoms with Gasteiger partial charge in [0.05, 0.1) is 6.61 Å². The fourth-order valence-electron chi connectivity index (χ4n) is 1.25. The predicted octanol–water partition coefficient (Wildman–Crippen LogP) is 0.933. The van der Waals surface area contributed by atoms with E-state index in [9.17, 15) is 15.0 Å². The quantitative estimate of drug-likeness (QED) is 0.543. The summed E-state index contributed by atoms with van der Waals surface area (Å²) < 4.78 is 4.61. The number of hydrogen-bond donors (Lipinski definition) is 3. The largest absolute Gasteiger partial charge is 0.464 e. The molecule has 5 heteroatoms. The first kappa shape index (κ1) is 13.0. The second-order valence-electron chi connectivity index (χ2n) is 3.24. The lowest BCUT2D eigenvalue weighted by Gasteiger charge is -2.16. The van der Waals surface area contributed by atoms with Gasteiger partial charge in [0.2, 0.25) is 0 Å². The predicted molar refractivity (Wildman–Crippen MR) is 61.3 cm³/mol. The molecule has 4 nitrogen and oxygen atoms in total. The third-order valence-electron chi connectivity index (χ3n) is 2.04. The zero-order chi connectivity index (χ0) is 12.1. The van der Waals surface area contributed by atoms with Gasteiger partial charge in [0, 0.05) is 4.90 Å². The smallest absolute Gasteiger partial charge is 0.338 e. The first-order chi connectivity index (χ1) is 7.56. The number of aliphatic hydroxyl groups excluding tert-OH is 2. The summed E-state index contributed by atoms with van der Waals surface area (Å²) in [6, 6.07) is 6.60. The first-order valence-corrected chi connectivity index (χ1v) is 5.32. The Morgan fingerprint density at radius 2 is 2.19 bits per heavy atom. The van der Waals surface area contributed by atoms with Gasteiger partial charge >= 0.3 is 5.97 Å². The summed E-state index contributed by atoms with van der Waals surface area (Å²) in [4.78, 5) is 11.8. The van der Waals surface area contributed by atoms with Gasteiger partial charge in [-0.3, -0.25) is 0 Å². The van der Waals surface area contributed by atoms with Crippen LogP contribution in [0.5, 0.6) is 0 Å². The highest BCUT2D eigenvalue weighted by Gasteiger charge is 2.26. The van der Waals surface area contributed by atoms with E-state index in [1.165, 1.54) is 0 Å². The molecule has 2 N–H and O–H groups in total. The fourth-order valence-corrected chi connectivity index (χ4v) is 1.48. The van der Waals surface area contributed by atoms with E-state index in [1.807, 2.05) is 0 Å². The highest BCUT2D eigenvalue weighted by molar-refractivity contribution is 7.80. The Balaban J connectivity index is 2.77. The number of esters is 1. The standard InChI is InChI=1S/C11H14O4S/c1-2-15-11(14)10(13)9(12)7-4-3-5-8(16)6-7/h3-6,9-10,12-13,16H,2H2,1H3. The normalized spacial score (nSPS) is 14.2. The molecule has 0 radical (unpaired) electrons. The van der Waals surface area contributed by atoms with Crippen molar-refractivity contribution < 1.29 is 19.7 Å². The van der Waals surface area contributed by atoms with E-state index in [2.05, 4.69) is 17.4 Å². The summed E-state index contributed by atoms with van der Waals surface area (Å²) in [5.41, 5.74) is 0.424. The minimum atomic E-state index is -1.57. The molecule has 0 aliphatic heterocycles. The number of carbonyl (C=O) groups excluding carboxylic acids is 1. The van der Waals surface area contributed by atoms with Gasteiger partial charge < -0.3 is 14.9 Å². The topological polar surface area (TPSA) is 66.8 Å². The average molecular weight is 242 g/mol. The molecule has 2 unspecified atom stereocenters. The number of aliphatic hydroxyl groups is 2. The Labute approximate surface area is 99.3 Å². The number of ether oxygens (including phenoxy) is 1. The lowest BCUT2D eigenvalue weighted by Crippen LogP contribution is -2.29. The van der Waals surface area contributed by atoms with Crippen LogP contribution in [0.2, 0.25) is 0 Å². The number of benzene rings is 1. The summed E-state index contributed by atoms with van der Waals surface area (Å²) in [7, 11) is 0. The maximum Gasteiger partial charge on any atom is 0.338 e. The Morgan fingerprint density at radius 1 is 1.50 bits per heavy atom. The zero-order valence-electron chi connectivity index (χ0n) is 8.83. The molecule has 0 saturated heterocycles. The maximum absolute atomic E-state index is 11.2. The summed E-state index contributed by atoms with van der Waals surface area (Å²) in [5, 5.41) is 19.2. The van der Waals surface area contributed by atoms with E-state index in [1.54, 1.807) is 31.2 Å². The third kappa shape index (κ3) is 3.23. The molecular weight excluding hydrogens is 228 g/mol. The molecule has 1 rings (SSSR count). The number of rotatable bonds is 4. The molecule has 0 bridgehead atoms. The SMILES string of the molecule is CCOC(=O)C(O)C(O)c1cccc(S)c1. The van der Waals surface area contributed by atoms with Crippen LogP contribution in [-0.2, 0) is 9.53 Å². The average Bonchev–Trinajstić information content (AvgIpc) is 2.27. The number of thiol groups is 1. The molecule has 0 saturated carbocycles. The molecule has 0 spiro atoms. The van der Waals surface area contributed by atoms with Crippen LogP contribution in [0, 0.1) is 0 Å². The van der Waals surface area contributed by atoms with Crippen LogP contribution < -0.4 is 0 Å². The maximum atomic E-state index is 11.2. The first-order valence-electron chi connectivity index (χ1n) is 4.88. The van der Waals surface area contributed by atoms with E-state index in [0.717, 1.165) is 0 Å². The Hall–Kier alpha value is -1.04. The van der Waals surface area contributed by atoms with Crippen molar-refractivity contribution in [3.05, 3.63) is 29.8 Å². The highest BCUT2D eigenvalue weighted by atomic mass is 32.1. The molecule has 0 aromatic heterocycles. The molecule has 2 atom stereocenters. The van der Waals surface area contributed by atoms with Crippen molar-refractivity contribution in [3.63, 3.8) is 0 Å². The molecule has 16 heavy (non-hydrogen) atoms. The van der Waals surface area contributed by atoms with Crippen LogP contribution in [0.4, 0.5) is 0 Å². The van der Waals surface area contributed by atoms with Crippen LogP contribution in [0.15, 0.2) is 29.2 Å². The molecule has 88 valence electrons. The number of carbonyl (C=O) groups is 1. The van der Waals surface area contributed by atoms with Gasteiger partial charge in [-0.2, -0.15) is 0 Å². The van der Waals surface area contributed by atoms with E-state index in [4.69, 9.17) is 0 Å².